The quantitative estimate of drug-likeness (QED) is 0.863. The third kappa shape index (κ3) is 1.98. The summed E-state index contributed by atoms with van der Waals surface area (Å²) >= 11 is 6.22. The number of pyridine rings is 1. The highest BCUT2D eigenvalue weighted by Crippen LogP contribution is 2.19. The van der Waals surface area contributed by atoms with Gasteiger partial charge in [0.1, 0.15) is 10.8 Å². The minimum Gasteiger partial charge on any atom is -0.319 e. The van der Waals surface area contributed by atoms with E-state index in [0.717, 1.165) is 29.5 Å². The number of aromatic nitrogens is 2. The first-order chi connectivity index (χ1) is 7.22. The van der Waals surface area contributed by atoms with Crippen LogP contribution in [0.5, 0.6) is 0 Å². The maximum Gasteiger partial charge on any atom is 0.138 e. The topological polar surface area (TPSA) is 29.3 Å². The zero-order valence-electron chi connectivity index (χ0n) is 8.92. The number of likely N-dealkylation sites (N-methyl/N-ethyl adjacent to an activating group) is 1. The fourth-order valence-electron chi connectivity index (χ4n) is 1.57. The van der Waals surface area contributed by atoms with Gasteiger partial charge in [-0.05, 0) is 31.7 Å². The molecule has 2 aromatic rings. The van der Waals surface area contributed by atoms with E-state index in [2.05, 4.69) is 17.2 Å². The van der Waals surface area contributed by atoms with Gasteiger partial charge in [0.05, 0.1) is 5.69 Å². The molecule has 0 saturated heterocycles. The number of nitrogens with one attached hydrogen (secondary N) is 1. The SMILES string of the molecule is CNCCc1nc2cc(C)ccn2c1Cl. The summed E-state index contributed by atoms with van der Waals surface area (Å²) in [5, 5.41) is 3.81. The van der Waals surface area contributed by atoms with Crippen LogP contribution in [0.3, 0.4) is 0 Å². The van der Waals surface area contributed by atoms with Crippen molar-refractivity contribution in [2.75, 3.05) is 13.6 Å². The molecule has 2 heterocycles. The van der Waals surface area contributed by atoms with Crippen molar-refractivity contribution in [2.45, 2.75) is 13.3 Å². The molecule has 0 fully saturated rings. The molecule has 3 nitrogen and oxygen atoms in total. The lowest BCUT2D eigenvalue weighted by atomic mass is 10.3. The molecule has 0 aliphatic heterocycles. The van der Waals surface area contributed by atoms with E-state index >= 15 is 0 Å². The van der Waals surface area contributed by atoms with Crippen LogP contribution in [0.1, 0.15) is 11.3 Å². The molecular formula is C11H14ClN3. The van der Waals surface area contributed by atoms with Crippen molar-refractivity contribution in [1.29, 1.82) is 0 Å². The molecule has 80 valence electrons. The summed E-state index contributed by atoms with van der Waals surface area (Å²) in [6.07, 6.45) is 2.82. The molecule has 0 spiro atoms. The fourth-order valence-corrected chi connectivity index (χ4v) is 1.85. The highest BCUT2D eigenvalue weighted by molar-refractivity contribution is 6.30. The average Bonchev–Trinajstić information content (AvgIpc) is 2.52. The van der Waals surface area contributed by atoms with Crippen LogP contribution >= 0.6 is 11.6 Å². The molecule has 0 aromatic carbocycles. The Labute approximate surface area is 94.1 Å². The minimum absolute atomic E-state index is 0.722. The van der Waals surface area contributed by atoms with E-state index < -0.39 is 0 Å². The Morgan fingerprint density at radius 2 is 2.33 bits per heavy atom. The number of halogens is 1. The summed E-state index contributed by atoms with van der Waals surface area (Å²) < 4.78 is 1.92. The standard InChI is InChI=1S/C11H14ClN3/c1-8-4-6-15-10(7-8)14-9(11(15)12)3-5-13-2/h4,6-7,13H,3,5H2,1-2H3. The van der Waals surface area contributed by atoms with Crippen LogP contribution < -0.4 is 5.32 Å². The smallest absolute Gasteiger partial charge is 0.138 e. The molecule has 0 aliphatic carbocycles. The van der Waals surface area contributed by atoms with Crippen LogP contribution in [-0.2, 0) is 6.42 Å². The summed E-state index contributed by atoms with van der Waals surface area (Å²) in [7, 11) is 1.92. The number of hydrogen-bond donors (Lipinski definition) is 1. The van der Waals surface area contributed by atoms with Crippen molar-refractivity contribution in [1.82, 2.24) is 14.7 Å². The monoisotopic (exact) mass is 223 g/mol. The second-order valence-electron chi connectivity index (χ2n) is 3.64. The largest absolute Gasteiger partial charge is 0.319 e. The van der Waals surface area contributed by atoms with E-state index in [1.807, 2.05) is 29.8 Å². The average molecular weight is 224 g/mol. The Morgan fingerprint density at radius 1 is 1.53 bits per heavy atom. The Kier molecular flexibility index (Phi) is 2.93. The van der Waals surface area contributed by atoms with Crippen molar-refractivity contribution in [3.63, 3.8) is 0 Å². The summed E-state index contributed by atoms with van der Waals surface area (Å²) in [5.74, 6) is 0. The van der Waals surface area contributed by atoms with Gasteiger partial charge in [0.15, 0.2) is 0 Å². The van der Waals surface area contributed by atoms with Crippen molar-refractivity contribution in [3.05, 3.63) is 34.7 Å². The highest BCUT2D eigenvalue weighted by Gasteiger charge is 2.08. The summed E-state index contributed by atoms with van der Waals surface area (Å²) in [4.78, 5) is 4.50. The number of hydrogen-bond acceptors (Lipinski definition) is 2. The van der Waals surface area contributed by atoms with Gasteiger partial charge in [0.2, 0.25) is 0 Å². The lowest BCUT2D eigenvalue weighted by Gasteiger charge is -1.96. The summed E-state index contributed by atoms with van der Waals surface area (Å²) in [6.45, 7) is 2.94. The molecule has 0 bridgehead atoms. The van der Waals surface area contributed by atoms with Crippen molar-refractivity contribution in [2.24, 2.45) is 0 Å². The molecule has 1 N–H and O–H groups in total. The third-order valence-electron chi connectivity index (χ3n) is 2.40. The van der Waals surface area contributed by atoms with Gasteiger partial charge in [-0.15, -0.1) is 0 Å². The number of fused-ring (bicyclic) bond motifs is 1. The van der Waals surface area contributed by atoms with Crippen LogP contribution in [0.25, 0.3) is 5.65 Å². The predicted octanol–water partition coefficient (Wildman–Crippen LogP) is 2.06. The molecule has 2 aromatic heterocycles. The highest BCUT2D eigenvalue weighted by atomic mass is 35.5. The zero-order chi connectivity index (χ0) is 10.8. The first-order valence-electron chi connectivity index (χ1n) is 5.00. The van der Waals surface area contributed by atoms with Gasteiger partial charge < -0.3 is 5.32 Å². The van der Waals surface area contributed by atoms with E-state index in [0.29, 0.717) is 0 Å². The molecule has 4 heteroatoms. The van der Waals surface area contributed by atoms with Gasteiger partial charge in [-0.3, -0.25) is 4.40 Å². The van der Waals surface area contributed by atoms with Crippen LogP contribution in [-0.4, -0.2) is 23.0 Å². The van der Waals surface area contributed by atoms with Crippen LogP contribution in [0.4, 0.5) is 0 Å². The predicted molar refractivity (Wildman–Crippen MR) is 62.6 cm³/mol. The summed E-state index contributed by atoms with van der Waals surface area (Å²) in [6, 6.07) is 4.07. The minimum atomic E-state index is 0.722. The molecule has 2 rings (SSSR count). The van der Waals surface area contributed by atoms with E-state index in [1.54, 1.807) is 0 Å². The molecular weight excluding hydrogens is 210 g/mol. The molecule has 0 amide bonds. The number of aryl methyl sites for hydroxylation is 1. The second kappa shape index (κ2) is 4.21. The van der Waals surface area contributed by atoms with E-state index in [9.17, 15) is 0 Å². The molecule has 0 aliphatic rings. The third-order valence-corrected chi connectivity index (χ3v) is 2.80. The van der Waals surface area contributed by atoms with Crippen molar-refractivity contribution < 1.29 is 0 Å². The molecule has 0 radical (unpaired) electrons. The van der Waals surface area contributed by atoms with Crippen molar-refractivity contribution >= 4 is 17.2 Å². The zero-order valence-corrected chi connectivity index (χ0v) is 9.67. The molecule has 0 unspecified atom stereocenters. The van der Waals surface area contributed by atoms with Crippen LogP contribution in [0, 0.1) is 6.92 Å². The van der Waals surface area contributed by atoms with Gasteiger partial charge in [0, 0.05) is 19.2 Å². The van der Waals surface area contributed by atoms with Gasteiger partial charge in [-0.1, -0.05) is 11.6 Å². The van der Waals surface area contributed by atoms with Gasteiger partial charge in [-0.2, -0.15) is 0 Å². The normalized spacial score (nSPS) is 11.1. The fraction of sp³-hybridized carbons (Fsp3) is 0.364. The Hall–Kier alpha value is -1.06. The van der Waals surface area contributed by atoms with Gasteiger partial charge in [0.25, 0.3) is 0 Å². The lowest BCUT2D eigenvalue weighted by molar-refractivity contribution is 0.780. The molecule has 0 atom stereocenters. The number of imidazole rings is 1. The molecule has 0 saturated carbocycles. The van der Waals surface area contributed by atoms with Gasteiger partial charge >= 0.3 is 0 Å². The number of rotatable bonds is 3. The Balaban J connectivity index is 2.44. The maximum absolute atomic E-state index is 6.22. The first-order valence-corrected chi connectivity index (χ1v) is 5.38. The number of nitrogens with zero attached hydrogens (tertiary/aromatic N) is 2. The molecule has 15 heavy (non-hydrogen) atoms. The lowest BCUT2D eigenvalue weighted by Crippen LogP contribution is -2.10. The summed E-state index contributed by atoms with van der Waals surface area (Å²) in [5.41, 5.74) is 3.08. The van der Waals surface area contributed by atoms with Crippen molar-refractivity contribution in [3.8, 4) is 0 Å². The first kappa shape index (κ1) is 10.5. The van der Waals surface area contributed by atoms with E-state index in [-0.39, 0.29) is 0 Å². The van der Waals surface area contributed by atoms with E-state index in [4.69, 9.17) is 11.6 Å². The van der Waals surface area contributed by atoms with Crippen LogP contribution in [0.2, 0.25) is 5.15 Å². The Morgan fingerprint density at radius 3 is 3.07 bits per heavy atom. The van der Waals surface area contributed by atoms with E-state index in [1.165, 1.54) is 5.56 Å². The Bertz CT molecular complexity index is 476. The van der Waals surface area contributed by atoms with Gasteiger partial charge in [-0.25, -0.2) is 4.98 Å². The second-order valence-corrected chi connectivity index (χ2v) is 3.99. The maximum atomic E-state index is 6.22. The van der Waals surface area contributed by atoms with Crippen LogP contribution in [0.15, 0.2) is 18.3 Å².